The van der Waals surface area contributed by atoms with Crippen LogP contribution in [0.25, 0.3) is 0 Å². The Labute approximate surface area is 274 Å². The SMILES string of the molecule is C=C(C)[C@@H]1CC[C@]2(Cc3cc([N+](=O)[O-])ccc3C(=O)O)CC[C@]3(C)[C@H](CC[C@@H]4[C@@]5(C)CCC(CC(=O)O)C(C)(C)[C@@H]5CC[C@]43C)[C@@H]12. The van der Waals surface area contributed by atoms with E-state index in [0.29, 0.717) is 41.6 Å². The van der Waals surface area contributed by atoms with Gasteiger partial charge in [0.2, 0.25) is 0 Å². The minimum Gasteiger partial charge on any atom is -0.481 e. The summed E-state index contributed by atoms with van der Waals surface area (Å²) in [6.07, 6.45) is 11.7. The highest BCUT2D eigenvalue weighted by Gasteiger charge is 2.70. The molecule has 5 fully saturated rings. The Morgan fingerprint density at radius 3 is 2.26 bits per heavy atom. The molecule has 5 aliphatic rings. The second-order valence-electron chi connectivity index (χ2n) is 17.8. The molecule has 1 aromatic carbocycles. The highest BCUT2D eigenvalue weighted by atomic mass is 16.6. The first-order chi connectivity index (χ1) is 21.4. The molecule has 0 spiro atoms. The van der Waals surface area contributed by atoms with E-state index < -0.39 is 16.9 Å². The predicted octanol–water partition coefficient (Wildman–Crippen LogP) is 9.58. The lowest BCUT2D eigenvalue weighted by Crippen LogP contribution is -2.66. The van der Waals surface area contributed by atoms with E-state index in [9.17, 15) is 29.9 Å². The van der Waals surface area contributed by atoms with Crippen molar-refractivity contribution in [2.24, 2.45) is 62.6 Å². The number of aromatic carboxylic acids is 1. The fourth-order valence-electron chi connectivity index (χ4n) is 13.7. The lowest BCUT2D eigenvalue weighted by molar-refractivity contribution is -0.384. The summed E-state index contributed by atoms with van der Waals surface area (Å²) in [7, 11) is 0. The largest absolute Gasteiger partial charge is 0.481 e. The fourth-order valence-corrected chi connectivity index (χ4v) is 13.7. The van der Waals surface area contributed by atoms with E-state index in [2.05, 4.69) is 48.1 Å². The Morgan fingerprint density at radius 1 is 0.913 bits per heavy atom. The molecule has 46 heavy (non-hydrogen) atoms. The molecule has 0 amide bonds. The highest BCUT2D eigenvalue weighted by Crippen LogP contribution is 2.78. The number of non-ortho nitro benzene ring substituents is 1. The lowest BCUT2D eigenvalue weighted by Gasteiger charge is -2.73. The van der Waals surface area contributed by atoms with Gasteiger partial charge in [0.1, 0.15) is 0 Å². The number of rotatable bonds is 7. The van der Waals surface area contributed by atoms with Crippen LogP contribution in [-0.4, -0.2) is 27.1 Å². The number of fused-ring (bicyclic) bond motifs is 7. The minimum atomic E-state index is -1.02. The third-order valence-electron chi connectivity index (χ3n) is 16.0. The first-order valence-electron chi connectivity index (χ1n) is 17.8. The van der Waals surface area contributed by atoms with Gasteiger partial charge in [0.25, 0.3) is 5.69 Å². The summed E-state index contributed by atoms with van der Waals surface area (Å²) in [5.41, 5.74) is 2.31. The van der Waals surface area contributed by atoms with E-state index in [1.807, 2.05) is 0 Å². The number of carboxylic acids is 2. The number of benzene rings is 1. The van der Waals surface area contributed by atoms with Crippen molar-refractivity contribution in [1.29, 1.82) is 0 Å². The van der Waals surface area contributed by atoms with Gasteiger partial charge in [-0.25, -0.2) is 4.79 Å². The molecule has 252 valence electrons. The number of allylic oxidation sites excluding steroid dienone is 1. The van der Waals surface area contributed by atoms with Gasteiger partial charge in [0.15, 0.2) is 0 Å². The average Bonchev–Trinajstić information content (AvgIpc) is 3.34. The van der Waals surface area contributed by atoms with Crippen LogP contribution in [0.5, 0.6) is 0 Å². The standard InChI is InChI=1S/C39H55NO6/c1-23(2)27-13-17-39(22-24-20-26(40(45)46)8-9-28(24)34(43)44)19-18-37(6)29(33(27)39)10-11-31-36(5)15-12-25(21-32(41)42)35(3,4)30(36)14-16-38(31,37)7/h8-9,20,25,27,29-31,33H,1,10-19,21-22H2,2-7H3,(H,41,42)(H,43,44)/t25?,27-,29+,30-,31+,33+,36-,37+,38+,39+/m0/s1. The number of nitrogens with zero attached hydrogens (tertiary/aromatic N) is 1. The van der Waals surface area contributed by atoms with Gasteiger partial charge in [-0.05, 0) is 152 Å². The van der Waals surface area contributed by atoms with E-state index in [4.69, 9.17) is 0 Å². The van der Waals surface area contributed by atoms with Crippen molar-refractivity contribution in [1.82, 2.24) is 0 Å². The van der Waals surface area contributed by atoms with Gasteiger partial charge in [-0.15, -0.1) is 0 Å². The van der Waals surface area contributed by atoms with Gasteiger partial charge in [-0.2, -0.15) is 0 Å². The van der Waals surface area contributed by atoms with Crippen LogP contribution in [0.2, 0.25) is 0 Å². The predicted molar refractivity (Wildman–Crippen MR) is 178 cm³/mol. The maximum atomic E-state index is 12.3. The van der Waals surface area contributed by atoms with E-state index >= 15 is 0 Å². The molecule has 10 atom stereocenters. The molecular formula is C39H55NO6. The molecule has 5 saturated carbocycles. The third kappa shape index (κ3) is 4.63. The summed E-state index contributed by atoms with van der Waals surface area (Å²) in [5, 5.41) is 31.6. The van der Waals surface area contributed by atoms with Crippen molar-refractivity contribution in [3.63, 3.8) is 0 Å². The van der Waals surface area contributed by atoms with Gasteiger partial charge in [0.05, 0.1) is 10.5 Å². The number of hydrogen-bond donors (Lipinski definition) is 2. The Hall–Kier alpha value is -2.70. The van der Waals surface area contributed by atoms with Crippen molar-refractivity contribution < 1.29 is 24.7 Å². The number of aliphatic carboxylic acids is 1. The zero-order chi connectivity index (χ0) is 33.6. The first kappa shape index (κ1) is 33.2. The van der Waals surface area contributed by atoms with Crippen LogP contribution in [0.1, 0.15) is 128 Å². The summed E-state index contributed by atoms with van der Waals surface area (Å²) in [6.45, 7) is 19.1. The molecule has 1 unspecified atom stereocenters. The summed E-state index contributed by atoms with van der Waals surface area (Å²) in [5.74, 6) is 0.834. The molecule has 1 aromatic rings. The van der Waals surface area contributed by atoms with Crippen LogP contribution in [0.15, 0.2) is 30.4 Å². The van der Waals surface area contributed by atoms with Crippen molar-refractivity contribution in [2.75, 3.05) is 0 Å². The zero-order valence-electron chi connectivity index (χ0n) is 28.9. The number of nitro benzene ring substituents is 1. The average molecular weight is 634 g/mol. The first-order valence-corrected chi connectivity index (χ1v) is 17.8. The smallest absolute Gasteiger partial charge is 0.335 e. The summed E-state index contributed by atoms with van der Waals surface area (Å²) >= 11 is 0. The van der Waals surface area contributed by atoms with E-state index in [0.717, 1.165) is 51.4 Å². The molecule has 7 nitrogen and oxygen atoms in total. The van der Waals surface area contributed by atoms with E-state index in [1.54, 1.807) is 0 Å². The number of carbonyl (C=O) groups is 2. The fraction of sp³-hybridized carbons (Fsp3) is 0.744. The Balaban J connectivity index is 1.38. The lowest BCUT2D eigenvalue weighted by atomic mass is 9.31. The van der Waals surface area contributed by atoms with E-state index in [-0.39, 0.29) is 50.7 Å². The molecule has 0 aliphatic heterocycles. The topological polar surface area (TPSA) is 118 Å². The monoisotopic (exact) mass is 633 g/mol. The van der Waals surface area contributed by atoms with E-state index in [1.165, 1.54) is 36.6 Å². The summed E-state index contributed by atoms with van der Waals surface area (Å²) < 4.78 is 0. The molecule has 0 bridgehead atoms. The van der Waals surface area contributed by atoms with Crippen molar-refractivity contribution in [2.45, 2.75) is 119 Å². The van der Waals surface area contributed by atoms with Gasteiger partial charge < -0.3 is 10.2 Å². The van der Waals surface area contributed by atoms with Gasteiger partial charge in [-0.1, -0.05) is 46.8 Å². The molecular weight excluding hydrogens is 578 g/mol. The number of nitro groups is 1. The quantitative estimate of drug-likeness (QED) is 0.175. The Kier molecular flexibility index (Phi) is 7.88. The van der Waals surface area contributed by atoms with Crippen LogP contribution >= 0.6 is 0 Å². The maximum absolute atomic E-state index is 12.3. The zero-order valence-corrected chi connectivity index (χ0v) is 28.9. The second-order valence-corrected chi connectivity index (χ2v) is 17.8. The number of carboxylic acid groups (broad SMARTS) is 2. The molecule has 7 heteroatoms. The Morgan fingerprint density at radius 2 is 1.63 bits per heavy atom. The van der Waals surface area contributed by atoms with Crippen LogP contribution < -0.4 is 0 Å². The highest BCUT2D eigenvalue weighted by molar-refractivity contribution is 5.89. The van der Waals surface area contributed by atoms with Crippen LogP contribution in [-0.2, 0) is 11.2 Å². The third-order valence-corrected chi connectivity index (χ3v) is 16.0. The Bertz CT molecular complexity index is 1470. The number of hydrogen-bond acceptors (Lipinski definition) is 4. The van der Waals surface area contributed by atoms with Crippen molar-refractivity contribution in [3.8, 4) is 0 Å². The summed E-state index contributed by atoms with van der Waals surface area (Å²) in [6, 6.07) is 4.28. The molecule has 6 rings (SSSR count). The molecule has 2 N–H and O–H groups in total. The van der Waals surface area contributed by atoms with Crippen molar-refractivity contribution >= 4 is 17.6 Å². The van der Waals surface area contributed by atoms with Gasteiger partial charge in [-0.3, -0.25) is 14.9 Å². The molecule has 5 aliphatic carbocycles. The van der Waals surface area contributed by atoms with Gasteiger partial charge >= 0.3 is 11.9 Å². The van der Waals surface area contributed by atoms with Crippen molar-refractivity contribution in [3.05, 3.63) is 51.6 Å². The second kappa shape index (κ2) is 10.9. The molecule has 0 saturated heterocycles. The molecule has 0 radical (unpaired) electrons. The minimum absolute atomic E-state index is 0.0111. The molecule has 0 aromatic heterocycles. The maximum Gasteiger partial charge on any atom is 0.335 e. The van der Waals surface area contributed by atoms with Crippen LogP contribution in [0.3, 0.4) is 0 Å². The summed E-state index contributed by atoms with van der Waals surface area (Å²) in [4.78, 5) is 35.5. The normalized spacial score (nSPS) is 42.6. The molecule has 0 heterocycles. The van der Waals surface area contributed by atoms with Gasteiger partial charge in [0, 0.05) is 18.6 Å². The van der Waals surface area contributed by atoms with Crippen LogP contribution in [0, 0.1) is 72.7 Å². The van der Waals surface area contributed by atoms with Crippen LogP contribution in [0.4, 0.5) is 5.69 Å².